The summed E-state index contributed by atoms with van der Waals surface area (Å²) in [4.78, 5) is 12.9. The quantitative estimate of drug-likeness (QED) is 0.180. The molecule has 0 fully saturated rings. The standard InChI is InChI=1S/C32H33N3O4S/c1-24(2)28-15-17-29(18-16-28)35(40(37,38)31-7-5-4-6-8-31)22-32(36)34-33-21-26-13-19-30(20-14-26)39-23-27-11-9-25(3)10-12-27/h4-21,24H,22-23H2,1-3H3,(H,34,36)/b33-21+. The number of carbonyl (C=O) groups is 1. The number of carbonyl (C=O) groups excluding carboxylic acids is 1. The maximum absolute atomic E-state index is 13.5. The van der Waals surface area contributed by atoms with Gasteiger partial charge in [-0.15, -0.1) is 0 Å². The van der Waals surface area contributed by atoms with Gasteiger partial charge in [-0.3, -0.25) is 9.10 Å². The zero-order valence-electron chi connectivity index (χ0n) is 22.8. The Bertz CT molecular complexity index is 1530. The molecular weight excluding hydrogens is 522 g/mol. The second-order valence-electron chi connectivity index (χ2n) is 9.71. The van der Waals surface area contributed by atoms with E-state index < -0.39 is 22.5 Å². The molecule has 0 aliphatic heterocycles. The summed E-state index contributed by atoms with van der Waals surface area (Å²) in [7, 11) is -3.99. The first-order chi connectivity index (χ1) is 19.2. The van der Waals surface area contributed by atoms with Crippen LogP contribution in [0.25, 0.3) is 0 Å². The average molecular weight is 556 g/mol. The van der Waals surface area contributed by atoms with Crippen molar-refractivity contribution in [1.29, 1.82) is 0 Å². The Morgan fingerprint density at radius 2 is 1.55 bits per heavy atom. The Labute approximate surface area is 236 Å². The molecule has 0 heterocycles. The third kappa shape index (κ3) is 7.57. The van der Waals surface area contributed by atoms with Crippen molar-refractivity contribution >= 4 is 27.8 Å². The van der Waals surface area contributed by atoms with Gasteiger partial charge < -0.3 is 4.74 Å². The van der Waals surface area contributed by atoms with Crippen LogP contribution in [0.1, 0.15) is 42.0 Å². The molecule has 0 spiro atoms. The molecule has 7 nitrogen and oxygen atoms in total. The maximum atomic E-state index is 13.5. The molecule has 8 heteroatoms. The monoisotopic (exact) mass is 555 g/mol. The fourth-order valence-electron chi connectivity index (χ4n) is 3.91. The molecule has 0 radical (unpaired) electrons. The number of rotatable bonds is 11. The Morgan fingerprint density at radius 3 is 2.17 bits per heavy atom. The maximum Gasteiger partial charge on any atom is 0.264 e. The number of nitrogens with one attached hydrogen (secondary N) is 1. The van der Waals surface area contributed by atoms with Gasteiger partial charge in [-0.25, -0.2) is 13.8 Å². The SMILES string of the molecule is Cc1ccc(COc2ccc(/C=N/NC(=O)CN(c3ccc(C(C)C)cc3)S(=O)(=O)c3ccccc3)cc2)cc1. The fourth-order valence-corrected chi connectivity index (χ4v) is 5.35. The van der Waals surface area contributed by atoms with Crippen LogP contribution in [-0.4, -0.2) is 27.1 Å². The lowest BCUT2D eigenvalue weighted by Crippen LogP contribution is -2.39. The van der Waals surface area contributed by atoms with E-state index in [0.29, 0.717) is 24.0 Å². The van der Waals surface area contributed by atoms with Gasteiger partial charge in [-0.2, -0.15) is 5.10 Å². The van der Waals surface area contributed by atoms with Gasteiger partial charge in [0, 0.05) is 0 Å². The Hall–Kier alpha value is -4.43. The van der Waals surface area contributed by atoms with Crippen molar-refractivity contribution in [2.24, 2.45) is 5.10 Å². The predicted octanol–water partition coefficient (Wildman–Crippen LogP) is 6.04. The van der Waals surface area contributed by atoms with Gasteiger partial charge >= 0.3 is 0 Å². The Kier molecular flexibility index (Phi) is 9.35. The van der Waals surface area contributed by atoms with Gasteiger partial charge in [0.05, 0.1) is 16.8 Å². The van der Waals surface area contributed by atoms with Crippen LogP contribution in [0.15, 0.2) is 113 Å². The number of anilines is 1. The third-order valence-electron chi connectivity index (χ3n) is 6.28. The molecule has 0 aliphatic carbocycles. The predicted molar refractivity (Wildman–Crippen MR) is 159 cm³/mol. The van der Waals surface area contributed by atoms with Gasteiger partial charge in [0.15, 0.2) is 0 Å². The molecule has 0 saturated heterocycles. The summed E-state index contributed by atoms with van der Waals surface area (Å²) in [6, 6.07) is 30.7. The number of amides is 1. The third-order valence-corrected chi connectivity index (χ3v) is 8.06. The highest BCUT2D eigenvalue weighted by Crippen LogP contribution is 2.25. The Balaban J connectivity index is 1.40. The topological polar surface area (TPSA) is 88.1 Å². The molecule has 0 unspecified atom stereocenters. The van der Waals surface area contributed by atoms with Crippen LogP contribution >= 0.6 is 0 Å². The summed E-state index contributed by atoms with van der Waals surface area (Å²) in [5.41, 5.74) is 6.94. The minimum atomic E-state index is -3.99. The highest BCUT2D eigenvalue weighted by Gasteiger charge is 2.27. The van der Waals surface area contributed by atoms with Crippen molar-refractivity contribution in [3.63, 3.8) is 0 Å². The molecule has 4 aromatic rings. The van der Waals surface area contributed by atoms with Crippen LogP contribution in [0.5, 0.6) is 5.75 Å². The second kappa shape index (κ2) is 13.1. The summed E-state index contributed by atoms with van der Waals surface area (Å²) >= 11 is 0. The highest BCUT2D eigenvalue weighted by atomic mass is 32.2. The number of hydrazone groups is 1. The van der Waals surface area contributed by atoms with E-state index in [1.807, 2.05) is 67.6 Å². The number of hydrogen-bond donors (Lipinski definition) is 1. The Morgan fingerprint density at radius 1 is 0.900 bits per heavy atom. The lowest BCUT2D eigenvalue weighted by atomic mass is 10.0. The minimum absolute atomic E-state index is 0.101. The average Bonchev–Trinajstić information content (AvgIpc) is 2.97. The fraction of sp³-hybridized carbons (Fsp3) is 0.188. The molecule has 4 rings (SSSR count). The van der Waals surface area contributed by atoms with Crippen LogP contribution in [-0.2, 0) is 21.4 Å². The number of sulfonamides is 1. The summed E-state index contributed by atoms with van der Waals surface area (Å²) in [5, 5.41) is 4.03. The van der Waals surface area contributed by atoms with Crippen LogP contribution in [0.2, 0.25) is 0 Å². The lowest BCUT2D eigenvalue weighted by Gasteiger charge is -2.24. The molecular formula is C32H33N3O4S. The summed E-state index contributed by atoms with van der Waals surface area (Å²) in [6.07, 6.45) is 1.50. The number of aryl methyl sites for hydroxylation is 1. The first-order valence-corrected chi connectivity index (χ1v) is 14.4. The number of nitrogens with zero attached hydrogens (tertiary/aromatic N) is 2. The summed E-state index contributed by atoms with van der Waals surface area (Å²) < 4.78 is 33.9. The van der Waals surface area contributed by atoms with Crippen molar-refractivity contribution in [2.45, 2.75) is 38.2 Å². The molecule has 4 aromatic carbocycles. The smallest absolute Gasteiger partial charge is 0.264 e. The first kappa shape index (κ1) is 28.6. The lowest BCUT2D eigenvalue weighted by molar-refractivity contribution is -0.119. The van der Waals surface area contributed by atoms with E-state index in [9.17, 15) is 13.2 Å². The van der Waals surface area contributed by atoms with Crippen molar-refractivity contribution in [2.75, 3.05) is 10.8 Å². The highest BCUT2D eigenvalue weighted by molar-refractivity contribution is 7.92. The molecule has 1 N–H and O–H groups in total. The largest absolute Gasteiger partial charge is 0.489 e. The van der Waals surface area contributed by atoms with Crippen molar-refractivity contribution in [1.82, 2.24) is 5.43 Å². The van der Waals surface area contributed by atoms with E-state index >= 15 is 0 Å². The van der Waals surface area contributed by atoms with Crippen LogP contribution in [0.4, 0.5) is 5.69 Å². The van der Waals surface area contributed by atoms with E-state index in [1.54, 1.807) is 30.3 Å². The van der Waals surface area contributed by atoms with E-state index in [4.69, 9.17) is 4.74 Å². The van der Waals surface area contributed by atoms with Crippen LogP contribution in [0.3, 0.4) is 0 Å². The van der Waals surface area contributed by atoms with Crippen molar-refractivity contribution < 1.29 is 17.9 Å². The van der Waals surface area contributed by atoms with Crippen molar-refractivity contribution in [3.8, 4) is 5.75 Å². The molecule has 0 saturated carbocycles. The number of benzene rings is 4. The van der Waals surface area contributed by atoms with Gasteiger partial charge in [0.25, 0.3) is 15.9 Å². The normalized spacial score (nSPS) is 11.5. The molecule has 206 valence electrons. The van der Waals surface area contributed by atoms with E-state index in [2.05, 4.69) is 24.4 Å². The van der Waals surface area contributed by atoms with Crippen molar-refractivity contribution in [3.05, 3.63) is 125 Å². The zero-order valence-corrected chi connectivity index (χ0v) is 23.6. The minimum Gasteiger partial charge on any atom is -0.489 e. The van der Waals surface area contributed by atoms with Gasteiger partial charge in [-0.05, 0) is 78.1 Å². The number of ether oxygens (including phenoxy) is 1. The molecule has 0 bridgehead atoms. The van der Waals surface area contributed by atoms with Gasteiger partial charge in [-0.1, -0.05) is 74.0 Å². The number of hydrogen-bond acceptors (Lipinski definition) is 5. The van der Waals surface area contributed by atoms with Crippen LogP contribution < -0.4 is 14.5 Å². The molecule has 40 heavy (non-hydrogen) atoms. The molecule has 0 atom stereocenters. The van der Waals surface area contributed by atoms with E-state index in [-0.39, 0.29) is 4.90 Å². The molecule has 0 aliphatic rings. The van der Waals surface area contributed by atoms with Gasteiger partial charge in [0.2, 0.25) is 0 Å². The van der Waals surface area contributed by atoms with E-state index in [0.717, 1.165) is 21.0 Å². The molecule has 1 amide bonds. The summed E-state index contributed by atoms with van der Waals surface area (Å²) in [6.45, 7) is 6.20. The zero-order chi connectivity index (χ0) is 28.5. The van der Waals surface area contributed by atoms with Gasteiger partial charge in [0.1, 0.15) is 18.9 Å². The molecule has 0 aromatic heterocycles. The van der Waals surface area contributed by atoms with E-state index in [1.165, 1.54) is 23.9 Å². The van der Waals surface area contributed by atoms with Crippen LogP contribution in [0, 0.1) is 6.92 Å². The first-order valence-electron chi connectivity index (χ1n) is 13.0. The second-order valence-corrected chi connectivity index (χ2v) is 11.6. The summed E-state index contributed by atoms with van der Waals surface area (Å²) in [5.74, 6) is 0.438.